The topological polar surface area (TPSA) is 112 Å². The smallest absolute Gasteiger partial charge is 0.270 e. The summed E-state index contributed by atoms with van der Waals surface area (Å²) in [5.41, 5.74) is 0.785. The van der Waals surface area contributed by atoms with Gasteiger partial charge in [-0.05, 0) is 24.5 Å². The monoisotopic (exact) mass is 316 g/mol. The largest absolute Gasteiger partial charge is 0.507 e. The van der Waals surface area contributed by atoms with E-state index in [-0.39, 0.29) is 28.8 Å². The number of piperidine rings is 1. The average Bonchev–Trinajstić information content (AvgIpc) is 3.09. The van der Waals surface area contributed by atoms with Gasteiger partial charge in [0.2, 0.25) is 0 Å². The summed E-state index contributed by atoms with van der Waals surface area (Å²) in [5, 5.41) is 27.4. The molecule has 1 saturated heterocycles. The van der Waals surface area contributed by atoms with E-state index in [9.17, 15) is 20.0 Å². The van der Waals surface area contributed by atoms with Gasteiger partial charge in [-0.1, -0.05) is 0 Å². The van der Waals surface area contributed by atoms with E-state index in [2.05, 4.69) is 10.2 Å². The standard InChI is InChI=1S/C15H16N4O4/c20-14-4-3-12(19(22)23)6-13(14)15(21)18-5-1-2-10(9-18)11-7-16-17-8-11/h3-4,6-8,10,20H,1-2,5,9H2,(H,16,17)/t10-/m1/s1. The zero-order valence-electron chi connectivity index (χ0n) is 12.3. The van der Waals surface area contributed by atoms with Gasteiger partial charge in [0.1, 0.15) is 5.75 Å². The Labute approximate surface area is 131 Å². The molecule has 0 spiro atoms. The fraction of sp³-hybridized carbons (Fsp3) is 0.333. The van der Waals surface area contributed by atoms with Gasteiger partial charge in [0.25, 0.3) is 11.6 Å². The normalized spacial score (nSPS) is 17.9. The molecule has 0 saturated carbocycles. The highest BCUT2D eigenvalue weighted by molar-refractivity contribution is 5.97. The molecule has 3 rings (SSSR count). The number of aromatic amines is 1. The number of nitrogens with zero attached hydrogens (tertiary/aromatic N) is 3. The lowest BCUT2D eigenvalue weighted by Crippen LogP contribution is -2.39. The second kappa shape index (κ2) is 6.07. The van der Waals surface area contributed by atoms with Crippen molar-refractivity contribution in [3.8, 4) is 5.75 Å². The molecular weight excluding hydrogens is 300 g/mol. The number of rotatable bonds is 3. The minimum absolute atomic E-state index is 0.0351. The first-order chi connectivity index (χ1) is 11.1. The van der Waals surface area contributed by atoms with Crippen LogP contribution in [0.1, 0.15) is 34.7 Å². The number of nitro groups is 1. The Morgan fingerprint density at radius 3 is 3.00 bits per heavy atom. The summed E-state index contributed by atoms with van der Waals surface area (Å²) in [6.07, 6.45) is 5.33. The molecule has 1 aromatic carbocycles. The third kappa shape index (κ3) is 3.01. The van der Waals surface area contributed by atoms with E-state index in [4.69, 9.17) is 0 Å². The number of nitro benzene ring substituents is 1. The molecule has 1 aromatic heterocycles. The van der Waals surface area contributed by atoms with Crippen molar-refractivity contribution >= 4 is 11.6 Å². The van der Waals surface area contributed by atoms with Crippen LogP contribution in [0.15, 0.2) is 30.6 Å². The molecule has 0 radical (unpaired) electrons. The molecule has 0 aliphatic carbocycles. The van der Waals surface area contributed by atoms with Gasteiger partial charge in [0.15, 0.2) is 0 Å². The molecule has 8 nitrogen and oxygen atoms in total. The Morgan fingerprint density at radius 2 is 2.30 bits per heavy atom. The van der Waals surface area contributed by atoms with Crippen molar-refractivity contribution in [3.63, 3.8) is 0 Å². The summed E-state index contributed by atoms with van der Waals surface area (Å²) in [4.78, 5) is 24.5. The number of phenolic OH excluding ortho intramolecular Hbond substituents is 1. The van der Waals surface area contributed by atoms with Crippen molar-refractivity contribution in [3.05, 3.63) is 51.8 Å². The van der Waals surface area contributed by atoms with Gasteiger partial charge in [-0.25, -0.2) is 0 Å². The van der Waals surface area contributed by atoms with E-state index in [0.717, 1.165) is 24.5 Å². The number of aromatic nitrogens is 2. The molecule has 1 aliphatic heterocycles. The molecule has 0 unspecified atom stereocenters. The lowest BCUT2D eigenvalue weighted by Gasteiger charge is -2.32. The Morgan fingerprint density at radius 1 is 1.48 bits per heavy atom. The molecule has 120 valence electrons. The van der Waals surface area contributed by atoms with E-state index in [1.807, 2.05) is 6.20 Å². The average molecular weight is 316 g/mol. The Hall–Kier alpha value is -2.90. The highest BCUT2D eigenvalue weighted by Crippen LogP contribution is 2.29. The molecule has 1 amide bonds. The number of nitrogens with one attached hydrogen (secondary N) is 1. The highest BCUT2D eigenvalue weighted by Gasteiger charge is 2.28. The molecule has 1 aliphatic rings. The highest BCUT2D eigenvalue weighted by atomic mass is 16.6. The van der Waals surface area contributed by atoms with Gasteiger partial charge in [-0.2, -0.15) is 5.10 Å². The third-order valence-corrected chi connectivity index (χ3v) is 4.12. The maximum absolute atomic E-state index is 12.6. The van der Waals surface area contributed by atoms with Crippen LogP contribution in [-0.4, -0.2) is 44.1 Å². The van der Waals surface area contributed by atoms with Crippen molar-refractivity contribution < 1.29 is 14.8 Å². The lowest BCUT2D eigenvalue weighted by molar-refractivity contribution is -0.384. The number of non-ortho nitro benzene ring substituents is 1. The quantitative estimate of drug-likeness (QED) is 0.664. The van der Waals surface area contributed by atoms with Crippen LogP contribution in [0.2, 0.25) is 0 Å². The van der Waals surface area contributed by atoms with Crippen LogP contribution >= 0.6 is 0 Å². The molecule has 23 heavy (non-hydrogen) atoms. The predicted octanol–water partition coefficient (Wildman–Crippen LogP) is 2.04. The molecule has 2 aromatic rings. The first kappa shape index (κ1) is 15.0. The fourth-order valence-corrected chi connectivity index (χ4v) is 2.90. The summed E-state index contributed by atoms with van der Waals surface area (Å²) < 4.78 is 0. The number of benzene rings is 1. The van der Waals surface area contributed by atoms with Crippen LogP contribution < -0.4 is 0 Å². The number of H-pyrrole nitrogens is 1. The second-order valence-electron chi connectivity index (χ2n) is 5.58. The summed E-state index contributed by atoms with van der Waals surface area (Å²) in [6.45, 7) is 1.07. The number of aromatic hydroxyl groups is 1. The van der Waals surface area contributed by atoms with Gasteiger partial charge in [0.05, 0.1) is 16.7 Å². The van der Waals surface area contributed by atoms with Crippen molar-refractivity contribution in [2.45, 2.75) is 18.8 Å². The van der Waals surface area contributed by atoms with Crippen molar-refractivity contribution in [1.82, 2.24) is 15.1 Å². The van der Waals surface area contributed by atoms with Crippen molar-refractivity contribution in [1.29, 1.82) is 0 Å². The lowest BCUT2D eigenvalue weighted by atomic mass is 9.92. The van der Waals surface area contributed by atoms with E-state index in [1.165, 1.54) is 12.1 Å². The first-order valence-corrected chi connectivity index (χ1v) is 7.31. The molecular formula is C15H16N4O4. The Kier molecular flexibility index (Phi) is 3.96. The minimum Gasteiger partial charge on any atom is -0.507 e. The van der Waals surface area contributed by atoms with Crippen LogP contribution in [0.3, 0.4) is 0 Å². The number of hydrogen-bond acceptors (Lipinski definition) is 5. The van der Waals surface area contributed by atoms with E-state index in [0.29, 0.717) is 13.1 Å². The molecule has 0 bridgehead atoms. The van der Waals surface area contributed by atoms with E-state index >= 15 is 0 Å². The number of carbonyl (C=O) groups excluding carboxylic acids is 1. The predicted molar refractivity (Wildman–Crippen MR) is 81.2 cm³/mol. The molecule has 1 fully saturated rings. The maximum atomic E-state index is 12.6. The number of phenols is 1. The van der Waals surface area contributed by atoms with Crippen LogP contribution in [0.5, 0.6) is 5.75 Å². The molecule has 8 heteroatoms. The number of hydrogen-bond donors (Lipinski definition) is 2. The SMILES string of the molecule is O=C(c1cc([N+](=O)[O-])ccc1O)N1CCC[C@@H](c2cn[nH]c2)C1. The number of likely N-dealkylation sites (tertiary alicyclic amines) is 1. The molecule has 2 N–H and O–H groups in total. The van der Waals surface area contributed by atoms with Crippen LogP contribution in [-0.2, 0) is 0 Å². The van der Waals surface area contributed by atoms with Gasteiger partial charge in [-0.3, -0.25) is 20.0 Å². The van der Waals surface area contributed by atoms with Crippen LogP contribution in [0.4, 0.5) is 5.69 Å². The van der Waals surface area contributed by atoms with Gasteiger partial charge in [-0.15, -0.1) is 0 Å². The minimum atomic E-state index is -0.583. The van der Waals surface area contributed by atoms with E-state index in [1.54, 1.807) is 11.1 Å². The maximum Gasteiger partial charge on any atom is 0.270 e. The van der Waals surface area contributed by atoms with Gasteiger partial charge >= 0.3 is 0 Å². The summed E-state index contributed by atoms with van der Waals surface area (Å²) in [7, 11) is 0. The van der Waals surface area contributed by atoms with E-state index < -0.39 is 4.92 Å². The third-order valence-electron chi connectivity index (χ3n) is 4.12. The van der Waals surface area contributed by atoms with Gasteiger partial charge < -0.3 is 10.0 Å². The number of amides is 1. The second-order valence-corrected chi connectivity index (χ2v) is 5.58. The summed E-state index contributed by atoms with van der Waals surface area (Å²) in [6, 6.07) is 3.48. The first-order valence-electron chi connectivity index (χ1n) is 7.31. The summed E-state index contributed by atoms with van der Waals surface area (Å²) in [5.74, 6) is -0.460. The number of carbonyl (C=O) groups is 1. The Balaban J connectivity index is 1.82. The van der Waals surface area contributed by atoms with Crippen molar-refractivity contribution in [2.75, 3.05) is 13.1 Å². The summed E-state index contributed by atoms with van der Waals surface area (Å²) >= 11 is 0. The fourth-order valence-electron chi connectivity index (χ4n) is 2.90. The van der Waals surface area contributed by atoms with Crippen LogP contribution in [0.25, 0.3) is 0 Å². The zero-order chi connectivity index (χ0) is 16.4. The molecule has 1 atom stereocenters. The zero-order valence-corrected chi connectivity index (χ0v) is 12.3. The molecule has 2 heterocycles. The van der Waals surface area contributed by atoms with Crippen LogP contribution in [0, 0.1) is 10.1 Å². The van der Waals surface area contributed by atoms with Gasteiger partial charge in [0, 0.05) is 37.3 Å². The Bertz CT molecular complexity index is 729. The van der Waals surface area contributed by atoms with Crippen molar-refractivity contribution in [2.24, 2.45) is 0 Å².